The number of anilines is 2. The quantitative estimate of drug-likeness (QED) is 0.914. The molecule has 0 radical (unpaired) electrons. The van der Waals surface area contributed by atoms with E-state index >= 15 is 0 Å². The van der Waals surface area contributed by atoms with Crippen LogP contribution in [0.2, 0.25) is 0 Å². The summed E-state index contributed by atoms with van der Waals surface area (Å²) >= 11 is 0. The Morgan fingerprint density at radius 1 is 1.05 bits per heavy atom. The lowest BCUT2D eigenvalue weighted by atomic mass is 10.0. The number of benzene rings is 2. The molecule has 0 aliphatic carbocycles. The molecule has 0 spiro atoms. The van der Waals surface area contributed by atoms with E-state index in [1.54, 1.807) is 0 Å². The molecule has 1 N–H and O–H groups in total. The van der Waals surface area contributed by atoms with Crippen molar-refractivity contribution < 1.29 is 4.79 Å². The fourth-order valence-electron chi connectivity index (χ4n) is 2.09. The van der Waals surface area contributed by atoms with Crippen LogP contribution in [0.15, 0.2) is 48.5 Å². The van der Waals surface area contributed by atoms with E-state index in [2.05, 4.69) is 19.2 Å². The first kappa shape index (κ1) is 15.1. The molecule has 0 saturated carbocycles. The van der Waals surface area contributed by atoms with Gasteiger partial charge >= 0.3 is 0 Å². The van der Waals surface area contributed by atoms with Crippen LogP contribution in [0.25, 0.3) is 0 Å². The molecule has 110 valence electrons. The summed E-state index contributed by atoms with van der Waals surface area (Å²) in [6.45, 7) is 4.24. The van der Waals surface area contributed by atoms with Gasteiger partial charge in [-0.1, -0.05) is 26.0 Å². The van der Waals surface area contributed by atoms with Crippen molar-refractivity contribution in [3.05, 3.63) is 59.7 Å². The first-order chi connectivity index (χ1) is 9.97. The summed E-state index contributed by atoms with van der Waals surface area (Å²) < 4.78 is 0. The van der Waals surface area contributed by atoms with Gasteiger partial charge in [0.05, 0.1) is 0 Å². The first-order valence-corrected chi connectivity index (χ1v) is 7.16. The van der Waals surface area contributed by atoms with Crippen molar-refractivity contribution >= 4 is 17.3 Å². The second kappa shape index (κ2) is 6.44. The minimum absolute atomic E-state index is 0.0740. The highest BCUT2D eigenvalue weighted by molar-refractivity contribution is 6.04. The molecule has 3 nitrogen and oxygen atoms in total. The zero-order valence-corrected chi connectivity index (χ0v) is 13.1. The largest absolute Gasteiger partial charge is 0.378 e. The van der Waals surface area contributed by atoms with Gasteiger partial charge in [0.15, 0.2) is 0 Å². The minimum atomic E-state index is -0.0740. The monoisotopic (exact) mass is 282 g/mol. The van der Waals surface area contributed by atoms with E-state index in [9.17, 15) is 4.79 Å². The summed E-state index contributed by atoms with van der Waals surface area (Å²) in [4.78, 5) is 14.3. The van der Waals surface area contributed by atoms with Gasteiger partial charge in [-0.3, -0.25) is 4.79 Å². The molecule has 0 aliphatic rings. The van der Waals surface area contributed by atoms with E-state index in [1.165, 1.54) is 5.56 Å². The van der Waals surface area contributed by atoms with Gasteiger partial charge in [-0.2, -0.15) is 0 Å². The number of hydrogen-bond acceptors (Lipinski definition) is 2. The first-order valence-electron chi connectivity index (χ1n) is 7.16. The van der Waals surface area contributed by atoms with Gasteiger partial charge in [0.2, 0.25) is 0 Å². The number of carbonyl (C=O) groups is 1. The molecule has 2 aromatic rings. The molecule has 21 heavy (non-hydrogen) atoms. The Hall–Kier alpha value is -2.29. The summed E-state index contributed by atoms with van der Waals surface area (Å²) in [5.74, 6) is 0.340. The lowest BCUT2D eigenvalue weighted by Crippen LogP contribution is -2.13. The summed E-state index contributed by atoms with van der Waals surface area (Å²) in [6, 6.07) is 15.6. The Morgan fingerprint density at radius 2 is 1.71 bits per heavy atom. The molecular formula is C18H22N2O. The van der Waals surface area contributed by atoms with Gasteiger partial charge in [0.25, 0.3) is 5.91 Å². The van der Waals surface area contributed by atoms with E-state index in [-0.39, 0.29) is 5.91 Å². The van der Waals surface area contributed by atoms with Crippen molar-refractivity contribution in [2.75, 3.05) is 24.3 Å². The molecule has 0 atom stereocenters. The summed E-state index contributed by atoms with van der Waals surface area (Å²) in [6.07, 6.45) is 0. The van der Waals surface area contributed by atoms with Crippen molar-refractivity contribution in [1.29, 1.82) is 0 Å². The maximum atomic E-state index is 12.3. The van der Waals surface area contributed by atoms with E-state index < -0.39 is 0 Å². The Balaban J connectivity index is 2.12. The fraction of sp³-hybridized carbons (Fsp3) is 0.278. The van der Waals surface area contributed by atoms with Crippen molar-refractivity contribution in [3.63, 3.8) is 0 Å². The molecule has 2 rings (SSSR count). The molecule has 1 amide bonds. The number of carbonyl (C=O) groups excluding carboxylic acids is 1. The third-order valence-electron chi connectivity index (χ3n) is 3.46. The Labute approximate surface area is 126 Å². The van der Waals surface area contributed by atoms with E-state index in [0.717, 1.165) is 11.4 Å². The minimum Gasteiger partial charge on any atom is -0.378 e. The lowest BCUT2D eigenvalue weighted by Gasteiger charge is -2.13. The van der Waals surface area contributed by atoms with Crippen LogP contribution < -0.4 is 10.2 Å². The van der Waals surface area contributed by atoms with Gasteiger partial charge in [-0.05, 0) is 47.9 Å². The number of nitrogens with one attached hydrogen (secondary N) is 1. The summed E-state index contributed by atoms with van der Waals surface area (Å²) in [5, 5.41) is 2.93. The standard InChI is InChI=1S/C18H22N2O/c1-13(2)14-6-5-7-15(12-14)18(21)19-16-8-10-17(11-9-16)20(3)4/h5-13H,1-4H3,(H,19,21). The molecule has 3 heteroatoms. The Morgan fingerprint density at radius 3 is 2.29 bits per heavy atom. The van der Waals surface area contributed by atoms with Crippen molar-refractivity contribution in [2.45, 2.75) is 19.8 Å². The highest BCUT2D eigenvalue weighted by Crippen LogP contribution is 2.18. The third kappa shape index (κ3) is 3.85. The maximum absolute atomic E-state index is 12.3. The topological polar surface area (TPSA) is 32.3 Å². The lowest BCUT2D eigenvalue weighted by molar-refractivity contribution is 0.102. The molecule has 0 bridgehead atoms. The molecule has 0 fully saturated rings. The summed E-state index contributed by atoms with van der Waals surface area (Å²) in [7, 11) is 3.98. The van der Waals surface area contributed by atoms with Gasteiger partial charge in [0.1, 0.15) is 0 Å². The van der Waals surface area contributed by atoms with Crippen LogP contribution in [0.1, 0.15) is 35.7 Å². The van der Waals surface area contributed by atoms with Crippen LogP contribution in [0, 0.1) is 0 Å². The van der Waals surface area contributed by atoms with Gasteiger partial charge < -0.3 is 10.2 Å². The molecule has 0 aliphatic heterocycles. The smallest absolute Gasteiger partial charge is 0.255 e. The van der Waals surface area contributed by atoms with Crippen molar-refractivity contribution in [1.82, 2.24) is 0 Å². The van der Waals surface area contributed by atoms with Crippen LogP contribution in [0.4, 0.5) is 11.4 Å². The highest BCUT2D eigenvalue weighted by Gasteiger charge is 2.08. The number of rotatable bonds is 4. The zero-order chi connectivity index (χ0) is 15.4. The van der Waals surface area contributed by atoms with Crippen LogP contribution in [0.3, 0.4) is 0 Å². The van der Waals surface area contributed by atoms with Gasteiger partial charge in [-0.25, -0.2) is 0 Å². The Bertz CT molecular complexity index is 615. The van der Waals surface area contributed by atoms with Crippen LogP contribution in [0.5, 0.6) is 0 Å². The average Bonchev–Trinajstić information content (AvgIpc) is 2.48. The molecular weight excluding hydrogens is 260 g/mol. The SMILES string of the molecule is CC(C)c1cccc(C(=O)Nc2ccc(N(C)C)cc2)c1. The highest BCUT2D eigenvalue weighted by atomic mass is 16.1. The van der Waals surface area contributed by atoms with Crippen molar-refractivity contribution in [3.8, 4) is 0 Å². The normalized spacial score (nSPS) is 10.5. The number of amides is 1. The number of nitrogens with zero attached hydrogens (tertiary/aromatic N) is 1. The predicted molar refractivity (Wildman–Crippen MR) is 89.3 cm³/mol. The van der Waals surface area contributed by atoms with Crippen LogP contribution in [-0.2, 0) is 0 Å². The van der Waals surface area contributed by atoms with Crippen LogP contribution in [-0.4, -0.2) is 20.0 Å². The van der Waals surface area contributed by atoms with Crippen molar-refractivity contribution in [2.24, 2.45) is 0 Å². The fourth-order valence-corrected chi connectivity index (χ4v) is 2.09. The van der Waals surface area contributed by atoms with Gasteiger partial charge in [0, 0.05) is 31.0 Å². The maximum Gasteiger partial charge on any atom is 0.255 e. The molecule has 0 aromatic heterocycles. The van der Waals surface area contributed by atoms with Gasteiger partial charge in [-0.15, -0.1) is 0 Å². The predicted octanol–water partition coefficient (Wildman–Crippen LogP) is 4.13. The molecule has 0 unspecified atom stereocenters. The second-order valence-corrected chi connectivity index (χ2v) is 5.68. The Kier molecular flexibility index (Phi) is 4.63. The summed E-state index contributed by atoms with van der Waals surface area (Å²) in [5.41, 5.74) is 3.78. The second-order valence-electron chi connectivity index (χ2n) is 5.68. The van der Waals surface area contributed by atoms with E-state index in [4.69, 9.17) is 0 Å². The molecule has 0 saturated heterocycles. The molecule has 0 heterocycles. The van der Waals surface area contributed by atoms with Crippen LogP contribution >= 0.6 is 0 Å². The van der Waals surface area contributed by atoms with E-state index in [1.807, 2.05) is 67.5 Å². The third-order valence-corrected chi connectivity index (χ3v) is 3.46. The van der Waals surface area contributed by atoms with E-state index in [0.29, 0.717) is 11.5 Å². The number of hydrogen-bond donors (Lipinski definition) is 1. The zero-order valence-electron chi connectivity index (χ0n) is 13.1. The molecule has 2 aromatic carbocycles. The average molecular weight is 282 g/mol.